The number of hydrogen-bond acceptors (Lipinski definition) is 5. The van der Waals surface area contributed by atoms with Crippen LogP contribution in [0.4, 0.5) is 5.69 Å². The highest BCUT2D eigenvalue weighted by atomic mass is 32.1. The van der Waals surface area contributed by atoms with Crippen LogP contribution in [0.1, 0.15) is 28.2 Å². The van der Waals surface area contributed by atoms with E-state index in [1.807, 2.05) is 24.4 Å². The second-order valence-electron chi connectivity index (χ2n) is 4.51. The third-order valence-electron chi connectivity index (χ3n) is 3.12. The average Bonchev–Trinajstić information content (AvgIpc) is 3.00. The lowest BCUT2D eigenvalue weighted by Crippen LogP contribution is -2.27. The molecule has 0 spiro atoms. The summed E-state index contributed by atoms with van der Waals surface area (Å²) in [6.07, 6.45) is 0. The number of hydrogen-bond donors (Lipinski definition) is 2. The van der Waals surface area contributed by atoms with Crippen molar-refractivity contribution >= 4 is 22.9 Å². The zero-order valence-corrected chi connectivity index (χ0v) is 13.0. The first-order chi connectivity index (χ1) is 10.1. The van der Waals surface area contributed by atoms with Crippen LogP contribution in [-0.4, -0.2) is 20.1 Å². The first-order valence-corrected chi connectivity index (χ1v) is 7.30. The molecule has 112 valence electrons. The molecule has 1 heterocycles. The minimum atomic E-state index is -0.241. The predicted molar refractivity (Wildman–Crippen MR) is 84.2 cm³/mol. The van der Waals surface area contributed by atoms with Crippen LogP contribution in [0.5, 0.6) is 11.5 Å². The molecular formula is C15H18N2O3S. The van der Waals surface area contributed by atoms with Gasteiger partial charge in [0.25, 0.3) is 5.91 Å². The van der Waals surface area contributed by atoms with E-state index in [4.69, 9.17) is 15.2 Å². The molecule has 1 unspecified atom stereocenters. The van der Waals surface area contributed by atoms with Gasteiger partial charge in [0.15, 0.2) is 11.5 Å². The Bertz CT molecular complexity index is 626. The number of benzene rings is 1. The molecular weight excluding hydrogens is 288 g/mol. The van der Waals surface area contributed by atoms with Crippen LogP contribution in [0.2, 0.25) is 0 Å². The van der Waals surface area contributed by atoms with Crippen LogP contribution in [0, 0.1) is 0 Å². The highest BCUT2D eigenvalue weighted by Gasteiger charge is 2.17. The van der Waals surface area contributed by atoms with Gasteiger partial charge in [0, 0.05) is 16.6 Å². The Balaban J connectivity index is 2.23. The zero-order valence-electron chi connectivity index (χ0n) is 12.2. The highest BCUT2D eigenvalue weighted by Crippen LogP contribution is 2.32. The van der Waals surface area contributed by atoms with Crippen LogP contribution < -0.4 is 20.5 Å². The van der Waals surface area contributed by atoms with Crippen LogP contribution in [-0.2, 0) is 0 Å². The Morgan fingerprint density at radius 2 is 1.95 bits per heavy atom. The van der Waals surface area contributed by atoms with Gasteiger partial charge in [-0.25, -0.2) is 0 Å². The van der Waals surface area contributed by atoms with Crippen molar-refractivity contribution < 1.29 is 14.3 Å². The van der Waals surface area contributed by atoms with Gasteiger partial charge in [0.1, 0.15) is 0 Å². The fraction of sp³-hybridized carbons (Fsp3) is 0.267. The molecule has 0 aliphatic heterocycles. The number of ether oxygens (including phenoxy) is 2. The van der Waals surface area contributed by atoms with Crippen molar-refractivity contribution in [2.75, 3.05) is 20.0 Å². The first-order valence-electron chi connectivity index (χ1n) is 6.42. The number of nitrogen functional groups attached to an aromatic ring is 1. The van der Waals surface area contributed by atoms with Gasteiger partial charge in [-0.2, -0.15) is 0 Å². The van der Waals surface area contributed by atoms with E-state index in [1.54, 1.807) is 23.5 Å². The number of nitrogens with two attached hydrogens (primary N) is 1. The Kier molecular flexibility index (Phi) is 4.70. The molecule has 2 rings (SSSR count). The van der Waals surface area contributed by atoms with Crippen molar-refractivity contribution in [1.82, 2.24) is 5.32 Å². The Labute approximate surface area is 127 Å². The molecule has 2 aromatic rings. The average molecular weight is 306 g/mol. The van der Waals surface area contributed by atoms with Gasteiger partial charge >= 0.3 is 0 Å². The van der Waals surface area contributed by atoms with Gasteiger partial charge in [0.05, 0.1) is 25.8 Å². The quantitative estimate of drug-likeness (QED) is 0.833. The van der Waals surface area contributed by atoms with Gasteiger partial charge in [-0.05, 0) is 24.4 Å². The van der Waals surface area contributed by atoms with E-state index in [0.717, 1.165) is 4.88 Å². The van der Waals surface area contributed by atoms with E-state index in [1.165, 1.54) is 14.2 Å². The third kappa shape index (κ3) is 3.28. The predicted octanol–water partition coefficient (Wildman–Crippen LogP) is 2.84. The van der Waals surface area contributed by atoms with Crippen molar-refractivity contribution in [2.24, 2.45) is 0 Å². The molecule has 0 saturated carbocycles. The van der Waals surface area contributed by atoms with Gasteiger partial charge in [-0.1, -0.05) is 6.07 Å². The fourth-order valence-corrected chi connectivity index (χ4v) is 2.71. The van der Waals surface area contributed by atoms with Crippen molar-refractivity contribution in [3.8, 4) is 11.5 Å². The van der Waals surface area contributed by atoms with E-state index < -0.39 is 0 Å². The van der Waals surface area contributed by atoms with Gasteiger partial charge < -0.3 is 20.5 Å². The molecule has 0 saturated heterocycles. The summed E-state index contributed by atoms with van der Waals surface area (Å²) in [5, 5.41) is 4.90. The van der Waals surface area contributed by atoms with E-state index in [-0.39, 0.29) is 11.9 Å². The van der Waals surface area contributed by atoms with Crippen LogP contribution in [0.15, 0.2) is 29.6 Å². The Hall–Kier alpha value is -2.21. The van der Waals surface area contributed by atoms with Crippen LogP contribution >= 0.6 is 11.3 Å². The number of anilines is 1. The maximum Gasteiger partial charge on any atom is 0.254 e. The monoisotopic (exact) mass is 306 g/mol. The number of rotatable bonds is 5. The molecule has 1 atom stereocenters. The van der Waals surface area contributed by atoms with E-state index in [0.29, 0.717) is 22.7 Å². The summed E-state index contributed by atoms with van der Waals surface area (Å²) < 4.78 is 10.4. The molecule has 0 aliphatic carbocycles. The van der Waals surface area contributed by atoms with Crippen molar-refractivity contribution in [1.29, 1.82) is 0 Å². The molecule has 0 bridgehead atoms. The Morgan fingerprint density at radius 3 is 2.52 bits per heavy atom. The summed E-state index contributed by atoms with van der Waals surface area (Å²) in [6.45, 7) is 1.93. The summed E-state index contributed by atoms with van der Waals surface area (Å²) in [4.78, 5) is 13.4. The van der Waals surface area contributed by atoms with Crippen molar-refractivity contribution in [3.63, 3.8) is 0 Å². The number of amides is 1. The molecule has 0 radical (unpaired) electrons. The van der Waals surface area contributed by atoms with Gasteiger partial charge in [-0.15, -0.1) is 11.3 Å². The number of carbonyl (C=O) groups excluding carboxylic acids is 1. The second kappa shape index (κ2) is 6.49. The normalized spacial score (nSPS) is 11.8. The fourth-order valence-electron chi connectivity index (χ4n) is 1.97. The number of methoxy groups -OCH3 is 2. The van der Waals surface area contributed by atoms with Crippen LogP contribution in [0.3, 0.4) is 0 Å². The molecule has 3 N–H and O–H groups in total. The van der Waals surface area contributed by atoms with Crippen LogP contribution in [0.25, 0.3) is 0 Å². The summed E-state index contributed by atoms with van der Waals surface area (Å²) in [5.41, 5.74) is 6.64. The topological polar surface area (TPSA) is 73.6 Å². The lowest BCUT2D eigenvalue weighted by atomic mass is 10.1. The molecule has 1 amide bonds. The maximum atomic E-state index is 12.4. The van der Waals surface area contributed by atoms with Crippen molar-refractivity contribution in [2.45, 2.75) is 13.0 Å². The molecule has 6 heteroatoms. The largest absolute Gasteiger partial charge is 0.493 e. The summed E-state index contributed by atoms with van der Waals surface area (Å²) in [7, 11) is 3.04. The van der Waals surface area contributed by atoms with Crippen molar-refractivity contribution in [3.05, 3.63) is 40.1 Å². The molecule has 0 fully saturated rings. The lowest BCUT2D eigenvalue weighted by Gasteiger charge is -2.15. The first kappa shape index (κ1) is 15.2. The van der Waals surface area contributed by atoms with Gasteiger partial charge in [-0.3, -0.25) is 4.79 Å². The number of nitrogens with one attached hydrogen (secondary N) is 1. The second-order valence-corrected chi connectivity index (χ2v) is 5.48. The SMILES string of the molecule is COc1cc(N)c(C(=O)NC(C)c2cccs2)cc1OC. The third-order valence-corrected chi connectivity index (χ3v) is 4.17. The molecule has 5 nitrogen and oxygen atoms in total. The highest BCUT2D eigenvalue weighted by molar-refractivity contribution is 7.10. The number of thiophene rings is 1. The zero-order chi connectivity index (χ0) is 15.4. The minimum Gasteiger partial charge on any atom is -0.493 e. The summed E-state index contributed by atoms with van der Waals surface area (Å²) in [6, 6.07) is 7.03. The smallest absolute Gasteiger partial charge is 0.254 e. The van der Waals surface area contributed by atoms with E-state index in [9.17, 15) is 4.79 Å². The molecule has 0 aliphatic rings. The summed E-state index contributed by atoms with van der Waals surface area (Å²) in [5.74, 6) is 0.729. The maximum absolute atomic E-state index is 12.4. The van der Waals surface area contributed by atoms with E-state index >= 15 is 0 Å². The molecule has 1 aromatic carbocycles. The molecule has 21 heavy (non-hydrogen) atoms. The lowest BCUT2D eigenvalue weighted by molar-refractivity contribution is 0.0941. The standard InChI is InChI=1S/C15H18N2O3S/c1-9(14-5-4-6-21-14)17-15(18)10-7-12(19-2)13(20-3)8-11(10)16/h4-9H,16H2,1-3H3,(H,17,18). The summed E-state index contributed by atoms with van der Waals surface area (Å²) >= 11 is 1.60. The Morgan fingerprint density at radius 1 is 1.29 bits per heavy atom. The molecule has 1 aromatic heterocycles. The minimum absolute atomic E-state index is 0.0787. The van der Waals surface area contributed by atoms with E-state index in [2.05, 4.69) is 5.32 Å². The number of carbonyl (C=O) groups is 1. The van der Waals surface area contributed by atoms with Gasteiger partial charge in [0.2, 0.25) is 0 Å².